The molecule has 0 aromatic heterocycles. The van der Waals surface area contributed by atoms with Crippen molar-refractivity contribution in [1.29, 1.82) is 0 Å². The second kappa shape index (κ2) is 5.82. The zero-order valence-corrected chi connectivity index (χ0v) is 10.9. The second-order valence-corrected chi connectivity index (χ2v) is 7.03. The Morgan fingerprint density at radius 3 is 2.33 bits per heavy atom. The predicted molar refractivity (Wildman–Crippen MR) is 62.7 cm³/mol. The number of sulfone groups is 1. The molecular weight excluding hydrogens is 214 g/mol. The maximum Gasteiger partial charge on any atom is 0.147 e. The van der Waals surface area contributed by atoms with Gasteiger partial charge in [-0.05, 0) is 19.8 Å². The van der Waals surface area contributed by atoms with Gasteiger partial charge < -0.3 is 10.4 Å². The molecule has 0 bridgehead atoms. The summed E-state index contributed by atoms with van der Waals surface area (Å²) in [6.45, 7) is 6.23. The number of rotatable bonds is 7. The Morgan fingerprint density at radius 1 is 1.40 bits per heavy atom. The first-order valence-electron chi connectivity index (χ1n) is 5.26. The molecule has 15 heavy (non-hydrogen) atoms. The summed E-state index contributed by atoms with van der Waals surface area (Å²) in [5.41, 5.74) is -0.824. The van der Waals surface area contributed by atoms with Gasteiger partial charge in [-0.15, -0.1) is 0 Å². The normalized spacial score (nSPS) is 16.7. The lowest BCUT2D eigenvalue weighted by molar-refractivity contribution is 0.0484. The highest BCUT2D eigenvalue weighted by Crippen LogP contribution is 2.11. The summed E-state index contributed by atoms with van der Waals surface area (Å²) in [4.78, 5) is 0. The van der Waals surface area contributed by atoms with Gasteiger partial charge in [0.1, 0.15) is 9.84 Å². The first-order valence-corrected chi connectivity index (χ1v) is 7.32. The van der Waals surface area contributed by atoms with Crippen LogP contribution in [-0.2, 0) is 9.84 Å². The molecule has 0 aromatic carbocycles. The molecule has 0 amide bonds. The molecule has 0 aromatic rings. The maximum atomic E-state index is 10.9. The summed E-state index contributed by atoms with van der Waals surface area (Å²) in [5, 5.41) is 13.0. The molecule has 4 nitrogen and oxygen atoms in total. The van der Waals surface area contributed by atoms with E-state index in [1.165, 1.54) is 6.26 Å². The fraction of sp³-hybridized carbons (Fsp3) is 1.00. The zero-order chi connectivity index (χ0) is 12.1. The third-order valence-electron chi connectivity index (χ3n) is 2.12. The first kappa shape index (κ1) is 14.9. The minimum absolute atomic E-state index is 0.144. The third kappa shape index (κ3) is 10.2. The summed E-state index contributed by atoms with van der Waals surface area (Å²) in [7, 11) is -2.91. The van der Waals surface area contributed by atoms with Crippen molar-refractivity contribution >= 4 is 9.84 Å². The summed E-state index contributed by atoms with van der Waals surface area (Å²) in [5.74, 6) is 0.144. The van der Waals surface area contributed by atoms with E-state index in [1.54, 1.807) is 6.92 Å². The Hall–Kier alpha value is -0.130. The molecule has 1 unspecified atom stereocenters. The van der Waals surface area contributed by atoms with Crippen LogP contribution in [0.15, 0.2) is 0 Å². The lowest BCUT2D eigenvalue weighted by Gasteiger charge is -2.24. The van der Waals surface area contributed by atoms with E-state index in [4.69, 9.17) is 0 Å². The highest BCUT2D eigenvalue weighted by molar-refractivity contribution is 7.90. The molecule has 92 valence electrons. The van der Waals surface area contributed by atoms with E-state index < -0.39 is 15.4 Å². The first-order chi connectivity index (χ1) is 6.62. The van der Waals surface area contributed by atoms with Crippen LogP contribution < -0.4 is 5.32 Å². The van der Waals surface area contributed by atoms with Crippen molar-refractivity contribution < 1.29 is 13.5 Å². The number of hydrogen-bond acceptors (Lipinski definition) is 4. The number of nitrogens with one attached hydrogen (secondary N) is 1. The second-order valence-electron chi connectivity index (χ2n) is 4.77. The maximum absolute atomic E-state index is 10.9. The van der Waals surface area contributed by atoms with Gasteiger partial charge in [0.05, 0.1) is 5.60 Å². The highest BCUT2D eigenvalue weighted by Gasteiger charge is 2.20. The molecule has 2 N–H and O–H groups in total. The largest absolute Gasteiger partial charge is 0.389 e. The zero-order valence-electron chi connectivity index (χ0n) is 10.1. The molecule has 0 spiro atoms. The van der Waals surface area contributed by atoms with Crippen molar-refractivity contribution in [2.45, 2.75) is 45.3 Å². The van der Waals surface area contributed by atoms with Crippen LogP contribution in [0.4, 0.5) is 0 Å². The van der Waals surface area contributed by atoms with Crippen molar-refractivity contribution in [2.75, 3.05) is 18.6 Å². The van der Waals surface area contributed by atoms with Crippen molar-refractivity contribution in [1.82, 2.24) is 5.32 Å². The van der Waals surface area contributed by atoms with E-state index in [1.807, 2.05) is 13.8 Å². The summed E-state index contributed by atoms with van der Waals surface area (Å²) in [6, 6.07) is 0.325. The van der Waals surface area contributed by atoms with E-state index >= 15 is 0 Å². The Kier molecular flexibility index (Phi) is 5.77. The van der Waals surface area contributed by atoms with Crippen molar-refractivity contribution in [3.63, 3.8) is 0 Å². The van der Waals surface area contributed by atoms with E-state index in [0.29, 0.717) is 25.4 Å². The van der Waals surface area contributed by atoms with Gasteiger partial charge in [-0.3, -0.25) is 0 Å². The topological polar surface area (TPSA) is 66.4 Å². The third-order valence-corrected chi connectivity index (χ3v) is 3.15. The van der Waals surface area contributed by atoms with Gasteiger partial charge in [0.25, 0.3) is 0 Å². The molecule has 0 rings (SSSR count). The van der Waals surface area contributed by atoms with E-state index in [2.05, 4.69) is 5.32 Å². The van der Waals surface area contributed by atoms with Crippen molar-refractivity contribution in [2.24, 2.45) is 0 Å². The molecule has 0 aliphatic carbocycles. The van der Waals surface area contributed by atoms with Gasteiger partial charge in [-0.1, -0.05) is 13.8 Å². The molecule has 1 atom stereocenters. The molecule has 0 saturated heterocycles. The lowest BCUT2D eigenvalue weighted by Crippen LogP contribution is -2.40. The van der Waals surface area contributed by atoms with Crippen LogP contribution in [0.2, 0.25) is 0 Å². The predicted octanol–water partition coefficient (Wildman–Crippen LogP) is 0.560. The van der Waals surface area contributed by atoms with Gasteiger partial charge in [0.15, 0.2) is 0 Å². The minimum Gasteiger partial charge on any atom is -0.389 e. The molecule has 0 saturated carbocycles. The van der Waals surface area contributed by atoms with Crippen molar-refractivity contribution in [3.05, 3.63) is 0 Å². The van der Waals surface area contributed by atoms with E-state index in [9.17, 15) is 13.5 Å². The molecular formula is C10H23NO3S. The highest BCUT2D eigenvalue weighted by atomic mass is 32.2. The number of hydrogen-bond donors (Lipinski definition) is 2. The van der Waals surface area contributed by atoms with Gasteiger partial charge >= 0.3 is 0 Å². The summed E-state index contributed by atoms with van der Waals surface area (Å²) >= 11 is 0. The van der Waals surface area contributed by atoms with Crippen LogP contribution in [0.1, 0.15) is 33.6 Å². The molecule has 0 aliphatic rings. The van der Waals surface area contributed by atoms with Gasteiger partial charge in [-0.25, -0.2) is 8.42 Å². The van der Waals surface area contributed by atoms with Gasteiger partial charge in [-0.2, -0.15) is 0 Å². The Morgan fingerprint density at radius 2 is 1.93 bits per heavy atom. The molecule has 0 fully saturated rings. The van der Waals surface area contributed by atoms with Crippen molar-refractivity contribution in [3.8, 4) is 0 Å². The Labute approximate surface area is 93.0 Å². The average Bonchev–Trinajstić information content (AvgIpc) is 1.98. The lowest BCUT2D eigenvalue weighted by atomic mass is 10.0. The Balaban J connectivity index is 3.84. The van der Waals surface area contributed by atoms with Crippen LogP contribution in [-0.4, -0.2) is 43.7 Å². The fourth-order valence-electron chi connectivity index (χ4n) is 1.23. The minimum atomic E-state index is -2.91. The number of aliphatic hydroxyl groups is 1. The summed E-state index contributed by atoms with van der Waals surface area (Å²) < 4.78 is 21.8. The smallest absolute Gasteiger partial charge is 0.147 e. The quantitative estimate of drug-likeness (QED) is 0.679. The fourth-order valence-corrected chi connectivity index (χ4v) is 1.90. The standard InChI is InChI=1S/C10H23NO3S/c1-9(2)11-8-10(3,12)6-5-7-15(4,13)14/h9,11-12H,5-8H2,1-4H3. The molecule has 0 heterocycles. The van der Waals surface area contributed by atoms with E-state index in [-0.39, 0.29) is 5.75 Å². The molecule has 0 radical (unpaired) electrons. The van der Waals surface area contributed by atoms with Gasteiger partial charge in [0, 0.05) is 24.6 Å². The molecule has 0 aliphatic heterocycles. The van der Waals surface area contributed by atoms with E-state index in [0.717, 1.165) is 0 Å². The monoisotopic (exact) mass is 237 g/mol. The van der Waals surface area contributed by atoms with Crippen LogP contribution >= 0.6 is 0 Å². The Bertz CT molecular complexity index is 270. The van der Waals surface area contributed by atoms with Gasteiger partial charge in [0.2, 0.25) is 0 Å². The van der Waals surface area contributed by atoms with Crippen LogP contribution in [0.5, 0.6) is 0 Å². The van der Waals surface area contributed by atoms with Crippen LogP contribution in [0.3, 0.4) is 0 Å². The summed E-state index contributed by atoms with van der Waals surface area (Å²) in [6.07, 6.45) is 2.22. The van der Waals surface area contributed by atoms with Crippen LogP contribution in [0, 0.1) is 0 Å². The molecule has 5 heteroatoms. The average molecular weight is 237 g/mol. The SMILES string of the molecule is CC(C)NCC(C)(O)CCCS(C)(=O)=O. The van der Waals surface area contributed by atoms with Crippen LogP contribution in [0.25, 0.3) is 0 Å².